The number of rotatable bonds is 3. The molecule has 3 rings (SSSR count). The van der Waals surface area contributed by atoms with E-state index in [1.807, 2.05) is 12.1 Å². The molecule has 4 heteroatoms. The third-order valence-corrected chi connectivity index (χ3v) is 4.17. The van der Waals surface area contributed by atoms with Crippen molar-refractivity contribution in [2.24, 2.45) is 5.73 Å². The molecule has 21 heavy (non-hydrogen) atoms. The normalized spacial score (nSPS) is 22.5. The van der Waals surface area contributed by atoms with Crippen LogP contribution in [0.3, 0.4) is 0 Å². The quantitative estimate of drug-likeness (QED) is 0.594. The summed E-state index contributed by atoms with van der Waals surface area (Å²) in [5.41, 5.74) is 14.7. The van der Waals surface area contributed by atoms with Gasteiger partial charge >= 0.3 is 0 Å². The minimum atomic E-state index is 0.0803. The van der Waals surface area contributed by atoms with Crippen molar-refractivity contribution >= 4 is 5.69 Å². The number of nitrogens with two attached hydrogens (primary N) is 2. The van der Waals surface area contributed by atoms with Crippen LogP contribution in [0.1, 0.15) is 17.0 Å². The third-order valence-electron chi connectivity index (χ3n) is 4.17. The van der Waals surface area contributed by atoms with Crippen molar-refractivity contribution in [1.82, 2.24) is 4.90 Å². The first kappa shape index (κ1) is 13.9. The first-order chi connectivity index (χ1) is 10.1. The summed E-state index contributed by atoms with van der Waals surface area (Å²) in [7, 11) is 0. The van der Waals surface area contributed by atoms with Crippen LogP contribution in [-0.2, 0) is 6.54 Å². The summed E-state index contributed by atoms with van der Waals surface area (Å²) in [6, 6.07) is 15.9. The summed E-state index contributed by atoms with van der Waals surface area (Å²) < 4.78 is 0. The van der Waals surface area contributed by atoms with Gasteiger partial charge in [-0.15, -0.1) is 0 Å². The Morgan fingerprint density at radius 2 is 1.86 bits per heavy atom. The zero-order valence-corrected chi connectivity index (χ0v) is 11.9. The highest BCUT2D eigenvalue weighted by atomic mass is 16.3. The number of aromatic hydroxyl groups is 1. The van der Waals surface area contributed by atoms with Crippen molar-refractivity contribution in [3.8, 4) is 5.75 Å². The molecule has 2 atom stereocenters. The maximum absolute atomic E-state index is 9.77. The Morgan fingerprint density at radius 3 is 2.57 bits per heavy atom. The fourth-order valence-corrected chi connectivity index (χ4v) is 3.03. The molecule has 110 valence electrons. The molecule has 2 unspecified atom stereocenters. The van der Waals surface area contributed by atoms with Crippen molar-refractivity contribution < 1.29 is 5.11 Å². The topological polar surface area (TPSA) is 75.5 Å². The smallest absolute Gasteiger partial charge is 0.138 e. The molecule has 0 saturated carbocycles. The number of anilines is 1. The van der Waals surface area contributed by atoms with Crippen molar-refractivity contribution in [3.05, 3.63) is 59.7 Å². The lowest BCUT2D eigenvalue weighted by Crippen LogP contribution is -2.28. The monoisotopic (exact) mass is 283 g/mol. The predicted octanol–water partition coefficient (Wildman–Crippen LogP) is 1.90. The molecule has 0 bridgehead atoms. The number of hydrogen-bond acceptors (Lipinski definition) is 4. The molecule has 1 heterocycles. The molecule has 0 radical (unpaired) electrons. The predicted molar refractivity (Wildman–Crippen MR) is 85.0 cm³/mol. The number of hydrogen-bond donors (Lipinski definition) is 3. The Hall–Kier alpha value is -2.04. The largest absolute Gasteiger partial charge is 0.506 e. The van der Waals surface area contributed by atoms with E-state index in [1.165, 1.54) is 5.56 Å². The molecule has 0 aliphatic carbocycles. The van der Waals surface area contributed by atoms with Crippen LogP contribution in [0.2, 0.25) is 0 Å². The van der Waals surface area contributed by atoms with E-state index in [4.69, 9.17) is 11.5 Å². The molecule has 2 aromatic carbocycles. The third kappa shape index (κ3) is 3.01. The second-order valence-electron chi connectivity index (χ2n) is 5.77. The molecule has 1 aliphatic rings. The second kappa shape index (κ2) is 5.76. The maximum Gasteiger partial charge on any atom is 0.138 e. The maximum atomic E-state index is 9.77. The van der Waals surface area contributed by atoms with Gasteiger partial charge in [0.05, 0.1) is 5.69 Å². The van der Waals surface area contributed by atoms with E-state index in [0.717, 1.165) is 25.2 Å². The number of nitrogens with zero attached hydrogens (tertiary/aromatic N) is 1. The lowest BCUT2D eigenvalue weighted by Gasteiger charge is -2.16. The van der Waals surface area contributed by atoms with Crippen LogP contribution in [-0.4, -0.2) is 29.1 Å². The van der Waals surface area contributed by atoms with Gasteiger partial charge in [-0.25, -0.2) is 0 Å². The second-order valence-corrected chi connectivity index (χ2v) is 5.77. The van der Waals surface area contributed by atoms with Gasteiger partial charge in [0.1, 0.15) is 5.75 Å². The summed E-state index contributed by atoms with van der Waals surface area (Å²) in [5.74, 6) is 0.376. The van der Waals surface area contributed by atoms with Gasteiger partial charge < -0.3 is 16.6 Å². The number of phenolic OH excluding ortho intramolecular Hbond substituents is 1. The number of benzene rings is 2. The fraction of sp³-hybridized carbons (Fsp3) is 0.294. The molecule has 1 saturated heterocycles. The van der Waals surface area contributed by atoms with Gasteiger partial charge in [0.2, 0.25) is 0 Å². The van der Waals surface area contributed by atoms with Crippen LogP contribution in [0, 0.1) is 0 Å². The van der Waals surface area contributed by atoms with E-state index in [0.29, 0.717) is 5.69 Å². The van der Waals surface area contributed by atoms with E-state index in [-0.39, 0.29) is 17.7 Å². The summed E-state index contributed by atoms with van der Waals surface area (Å²) in [5, 5.41) is 9.77. The molecule has 1 fully saturated rings. The van der Waals surface area contributed by atoms with Gasteiger partial charge in [0.25, 0.3) is 0 Å². The van der Waals surface area contributed by atoms with Crippen LogP contribution >= 0.6 is 0 Å². The Kier molecular flexibility index (Phi) is 3.82. The van der Waals surface area contributed by atoms with E-state index in [1.54, 1.807) is 12.1 Å². The van der Waals surface area contributed by atoms with Crippen LogP contribution in [0.15, 0.2) is 48.5 Å². The minimum absolute atomic E-state index is 0.0803. The Morgan fingerprint density at radius 1 is 1.10 bits per heavy atom. The standard InChI is InChI=1S/C17H21N3O/c18-15-7-6-13(8-17(15)21)14-10-20(11-16(14)19)9-12-4-2-1-3-5-12/h1-8,14,16,21H,9-11,18-19H2. The lowest BCUT2D eigenvalue weighted by atomic mass is 9.94. The molecule has 4 nitrogen and oxygen atoms in total. The number of phenols is 1. The van der Waals surface area contributed by atoms with Gasteiger partial charge in [-0.1, -0.05) is 36.4 Å². The number of likely N-dealkylation sites (tertiary alicyclic amines) is 1. The summed E-state index contributed by atoms with van der Waals surface area (Å²) in [6.45, 7) is 2.68. The first-order valence-corrected chi connectivity index (χ1v) is 7.24. The zero-order chi connectivity index (χ0) is 14.8. The van der Waals surface area contributed by atoms with Gasteiger partial charge in [-0.2, -0.15) is 0 Å². The molecule has 0 spiro atoms. The molecular weight excluding hydrogens is 262 g/mol. The SMILES string of the molecule is Nc1ccc(C2CN(Cc3ccccc3)CC2N)cc1O. The van der Waals surface area contributed by atoms with Gasteiger partial charge in [-0.3, -0.25) is 4.90 Å². The van der Waals surface area contributed by atoms with E-state index >= 15 is 0 Å². The highest BCUT2D eigenvalue weighted by Crippen LogP contribution is 2.31. The fourth-order valence-electron chi connectivity index (χ4n) is 3.03. The highest BCUT2D eigenvalue weighted by Gasteiger charge is 2.31. The molecule has 1 aliphatic heterocycles. The summed E-state index contributed by atoms with van der Waals surface area (Å²) in [6.07, 6.45) is 0. The van der Waals surface area contributed by atoms with Crippen molar-refractivity contribution in [2.75, 3.05) is 18.8 Å². The van der Waals surface area contributed by atoms with E-state index in [2.05, 4.69) is 29.2 Å². The molecular formula is C17H21N3O. The average Bonchev–Trinajstić information content (AvgIpc) is 2.84. The lowest BCUT2D eigenvalue weighted by molar-refractivity contribution is 0.324. The van der Waals surface area contributed by atoms with Crippen molar-refractivity contribution in [1.29, 1.82) is 0 Å². The van der Waals surface area contributed by atoms with Crippen LogP contribution in [0.4, 0.5) is 5.69 Å². The van der Waals surface area contributed by atoms with Gasteiger partial charge in [-0.05, 0) is 23.3 Å². The number of nitrogen functional groups attached to an aromatic ring is 1. The van der Waals surface area contributed by atoms with Gasteiger partial charge in [0.15, 0.2) is 0 Å². The molecule has 2 aromatic rings. The van der Waals surface area contributed by atoms with Crippen molar-refractivity contribution in [2.45, 2.75) is 18.5 Å². The summed E-state index contributed by atoms with van der Waals surface area (Å²) in [4.78, 5) is 2.36. The Balaban J connectivity index is 1.72. The molecule has 0 amide bonds. The van der Waals surface area contributed by atoms with Gasteiger partial charge in [0, 0.05) is 31.6 Å². The molecule has 5 N–H and O–H groups in total. The van der Waals surface area contributed by atoms with Crippen LogP contribution in [0.5, 0.6) is 5.75 Å². The van der Waals surface area contributed by atoms with Crippen molar-refractivity contribution in [3.63, 3.8) is 0 Å². The zero-order valence-electron chi connectivity index (χ0n) is 11.9. The highest BCUT2D eigenvalue weighted by molar-refractivity contribution is 5.53. The van der Waals surface area contributed by atoms with E-state index < -0.39 is 0 Å². The average molecular weight is 283 g/mol. The van der Waals surface area contributed by atoms with Crippen LogP contribution < -0.4 is 11.5 Å². The van der Waals surface area contributed by atoms with E-state index in [9.17, 15) is 5.11 Å². The minimum Gasteiger partial charge on any atom is -0.506 e. The Bertz CT molecular complexity index is 615. The Labute approximate surface area is 125 Å². The first-order valence-electron chi connectivity index (χ1n) is 7.24. The van der Waals surface area contributed by atoms with Crippen LogP contribution in [0.25, 0.3) is 0 Å². The summed E-state index contributed by atoms with van der Waals surface area (Å²) >= 11 is 0. The molecule has 0 aromatic heterocycles.